The maximum Gasteiger partial charge on any atom is 0.251 e. The molecule has 1 rings (SSSR count). The number of benzene rings is 1. The van der Waals surface area contributed by atoms with Gasteiger partial charge in [0.25, 0.3) is 5.91 Å². The van der Waals surface area contributed by atoms with Gasteiger partial charge in [-0.15, -0.1) is 0 Å². The van der Waals surface area contributed by atoms with E-state index in [0.717, 1.165) is 5.69 Å². The quantitative estimate of drug-likeness (QED) is 0.722. The molecule has 0 heterocycles. The molecule has 0 fully saturated rings. The lowest BCUT2D eigenvalue weighted by Crippen LogP contribution is -2.26. The van der Waals surface area contributed by atoms with Crippen molar-refractivity contribution in [1.82, 2.24) is 5.32 Å². The van der Waals surface area contributed by atoms with Crippen LogP contribution >= 0.6 is 0 Å². The van der Waals surface area contributed by atoms with Gasteiger partial charge in [-0.25, -0.2) is 0 Å². The second kappa shape index (κ2) is 7.01. The molecule has 18 heavy (non-hydrogen) atoms. The molecule has 0 aliphatic rings. The van der Waals surface area contributed by atoms with Crippen molar-refractivity contribution in [2.45, 2.75) is 26.8 Å². The van der Waals surface area contributed by atoms with E-state index < -0.39 is 0 Å². The van der Waals surface area contributed by atoms with Crippen LogP contribution in [-0.2, 0) is 0 Å². The molecule has 1 aromatic carbocycles. The summed E-state index contributed by atoms with van der Waals surface area (Å²) in [6.07, 6.45) is 0. The normalized spacial score (nSPS) is 12.3. The highest BCUT2D eigenvalue weighted by molar-refractivity contribution is 5.95. The van der Waals surface area contributed by atoms with Crippen LogP contribution in [0.1, 0.15) is 31.1 Å². The van der Waals surface area contributed by atoms with Crippen LogP contribution in [0.25, 0.3) is 0 Å². The summed E-state index contributed by atoms with van der Waals surface area (Å²) in [7, 11) is 0. The standard InChI is InChI=1S/C14H22N2O2/c1-10(2)11(3)16-13-6-4-5-12(9-13)14(18)15-7-8-17/h4-6,9-11,16-17H,7-8H2,1-3H3,(H,15,18). The topological polar surface area (TPSA) is 61.4 Å². The van der Waals surface area contributed by atoms with Crippen molar-refractivity contribution < 1.29 is 9.90 Å². The fourth-order valence-corrected chi connectivity index (χ4v) is 1.45. The first-order valence-electron chi connectivity index (χ1n) is 6.30. The lowest BCUT2D eigenvalue weighted by atomic mass is 10.1. The number of anilines is 1. The van der Waals surface area contributed by atoms with Crippen LogP contribution in [0, 0.1) is 5.92 Å². The van der Waals surface area contributed by atoms with Crippen LogP contribution in [-0.4, -0.2) is 30.2 Å². The fourth-order valence-electron chi connectivity index (χ4n) is 1.45. The summed E-state index contributed by atoms with van der Waals surface area (Å²) in [5.74, 6) is 0.363. The van der Waals surface area contributed by atoms with E-state index >= 15 is 0 Å². The molecule has 0 saturated carbocycles. The summed E-state index contributed by atoms with van der Waals surface area (Å²) in [6.45, 7) is 6.64. The molecular formula is C14H22N2O2. The van der Waals surface area contributed by atoms with Crippen molar-refractivity contribution in [3.63, 3.8) is 0 Å². The number of nitrogens with one attached hydrogen (secondary N) is 2. The Hall–Kier alpha value is -1.55. The SMILES string of the molecule is CC(C)C(C)Nc1cccc(C(=O)NCCO)c1. The highest BCUT2D eigenvalue weighted by Gasteiger charge is 2.09. The lowest BCUT2D eigenvalue weighted by Gasteiger charge is -2.19. The first-order valence-corrected chi connectivity index (χ1v) is 6.30. The number of carbonyl (C=O) groups is 1. The molecule has 0 aliphatic carbocycles. The molecule has 4 nitrogen and oxygen atoms in total. The first kappa shape index (κ1) is 14.5. The molecule has 1 atom stereocenters. The summed E-state index contributed by atoms with van der Waals surface area (Å²) < 4.78 is 0. The van der Waals surface area contributed by atoms with E-state index in [1.807, 2.05) is 18.2 Å². The van der Waals surface area contributed by atoms with Crippen molar-refractivity contribution >= 4 is 11.6 Å². The lowest BCUT2D eigenvalue weighted by molar-refractivity contribution is 0.0945. The van der Waals surface area contributed by atoms with E-state index in [2.05, 4.69) is 31.4 Å². The van der Waals surface area contributed by atoms with Gasteiger partial charge in [-0.2, -0.15) is 0 Å². The Kier molecular flexibility index (Phi) is 5.65. The number of hydrogen-bond acceptors (Lipinski definition) is 3. The van der Waals surface area contributed by atoms with Crippen LogP contribution in [0.2, 0.25) is 0 Å². The summed E-state index contributed by atoms with van der Waals surface area (Å²) in [5, 5.41) is 14.7. The second-order valence-corrected chi connectivity index (χ2v) is 4.74. The van der Waals surface area contributed by atoms with Crippen LogP contribution < -0.4 is 10.6 Å². The van der Waals surface area contributed by atoms with Gasteiger partial charge in [-0.3, -0.25) is 4.79 Å². The molecule has 0 saturated heterocycles. The molecule has 4 heteroatoms. The Bertz CT molecular complexity index is 391. The Morgan fingerprint density at radius 3 is 2.67 bits per heavy atom. The molecule has 100 valence electrons. The third kappa shape index (κ3) is 4.37. The largest absolute Gasteiger partial charge is 0.395 e. The molecule has 3 N–H and O–H groups in total. The molecule has 0 aliphatic heterocycles. The van der Waals surface area contributed by atoms with Gasteiger partial charge in [-0.05, 0) is 31.0 Å². The average Bonchev–Trinajstić information content (AvgIpc) is 2.36. The van der Waals surface area contributed by atoms with Gasteiger partial charge >= 0.3 is 0 Å². The predicted molar refractivity (Wildman–Crippen MR) is 73.8 cm³/mol. The van der Waals surface area contributed by atoms with Crippen LogP contribution in [0.3, 0.4) is 0 Å². The van der Waals surface area contributed by atoms with Crippen molar-refractivity contribution in [2.24, 2.45) is 5.92 Å². The maximum atomic E-state index is 11.7. The van der Waals surface area contributed by atoms with Gasteiger partial charge in [0.15, 0.2) is 0 Å². The zero-order valence-corrected chi connectivity index (χ0v) is 11.2. The summed E-state index contributed by atoms with van der Waals surface area (Å²) in [6, 6.07) is 7.73. The van der Waals surface area contributed by atoms with Crippen LogP contribution in [0.5, 0.6) is 0 Å². The number of amides is 1. The van der Waals surface area contributed by atoms with Gasteiger partial charge in [0.05, 0.1) is 6.61 Å². The van der Waals surface area contributed by atoms with Gasteiger partial charge in [0.2, 0.25) is 0 Å². The van der Waals surface area contributed by atoms with Gasteiger partial charge in [0.1, 0.15) is 0 Å². The molecule has 0 bridgehead atoms. The third-order valence-corrected chi connectivity index (χ3v) is 2.92. The van der Waals surface area contributed by atoms with Crippen molar-refractivity contribution in [3.8, 4) is 0 Å². The van der Waals surface area contributed by atoms with Crippen molar-refractivity contribution in [3.05, 3.63) is 29.8 Å². The minimum Gasteiger partial charge on any atom is -0.395 e. The minimum atomic E-state index is -0.162. The summed E-state index contributed by atoms with van der Waals surface area (Å²) in [5.41, 5.74) is 1.54. The zero-order chi connectivity index (χ0) is 13.5. The van der Waals surface area contributed by atoms with E-state index in [1.165, 1.54) is 0 Å². The molecular weight excluding hydrogens is 228 g/mol. The van der Waals surface area contributed by atoms with Gasteiger partial charge in [-0.1, -0.05) is 19.9 Å². The molecule has 1 amide bonds. The fraction of sp³-hybridized carbons (Fsp3) is 0.500. The molecule has 0 spiro atoms. The summed E-state index contributed by atoms with van der Waals surface area (Å²) in [4.78, 5) is 11.7. The number of carbonyl (C=O) groups excluding carboxylic acids is 1. The maximum absolute atomic E-state index is 11.7. The van der Waals surface area contributed by atoms with E-state index in [-0.39, 0.29) is 19.1 Å². The van der Waals surface area contributed by atoms with Crippen molar-refractivity contribution in [1.29, 1.82) is 0 Å². The van der Waals surface area contributed by atoms with E-state index in [0.29, 0.717) is 17.5 Å². The number of aliphatic hydroxyl groups excluding tert-OH is 1. The molecule has 1 unspecified atom stereocenters. The third-order valence-electron chi connectivity index (χ3n) is 2.92. The van der Waals surface area contributed by atoms with Crippen molar-refractivity contribution in [2.75, 3.05) is 18.5 Å². The molecule has 0 radical (unpaired) electrons. The zero-order valence-electron chi connectivity index (χ0n) is 11.2. The highest BCUT2D eigenvalue weighted by atomic mass is 16.3. The number of rotatable bonds is 6. The first-order chi connectivity index (χ1) is 8.54. The Morgan fingerprint density at radius 2 is 2.06 bits per heavy atom. The van der Waals surface area contributed by atoms with Crippen LogP contribution in [0.15, 0.2) is 24.3 Å². The highest BCUT2D eigenvalue weighted by Crippen LogP contribution is 2.14. The number of aliphatic hydroxyl groups is 1. The smallest absolute Gasteiger partial charge is 0.251 e. The predicted octanol–water partition coefficient (Wildman–Crippen LogP) is 1.87. The van der Waals surface area contributed by atoms with E-state index in [1.54, 1.807) is 6.07 Å². The Morgan fingerprint density at radius 1 is 1.33 bits per heavy atom. The van der Waals surface area contributed by atoms with Crippen LogP contribution in [0.4, 0.5) is 5.69 Å². The van der Waals surface area contributed by atoms with Gasteiger partial charge in [0, 0.05) is 23.8 Å². The molecule has 1 aromatic rings. The average molecular weight is 250 g/mol. The Labute approximate surface area is 108 Å². The van der Waals surface area contributed by atoms with E-state index in [9.17, 15) is 4.79 Å². The van der Waals surface area contributed by atoms with Gasteiger partial charge < -0.3 is 15.7 Å². The number of hydrogen-bond donors (Lipinski definition) is 3. The monoisotopic (exact) mass is 250 g/mol. The molecule has 0 aromatic heterocycles. The van der Waals surface area contributed by atoms with E-state index in [4.69, 9.17) is 5.11 Å². The summed E-state index contributed by atoms with van der Waals surface area (Å²) >= 11 is 0. The second-order valence-electron chi connectivity index (χ2n) is 4.74. The minimum absolute atomic E-state index is 0.0476. The Balaban J connectivity index is 2.70.